The van der Waals surface area contributed by atoms with Crippen molar-refractivity contribution in [2.24, 2.45) is 7.05 Å². The van der Waals surface area contributed by atoms with Crippen molar-refractivity contribution in [1.29, 1.82) is 0 Å². The number of nitro groups is 1. The van der Waals surface area contributed by atoms with Crippen LogP contribution in [-0.4, -0.2) is 33.7 Å². The molecule has 0 N–H and O–H groups in total. The number of nitrogens with zero attached hydrogens (tertiary/aromatic N) is 3. The zero-order valence-corrected chi connectivity index (χ0v) is 10.0. The molecule has 0 unspecified atom stereocenters. The average Bonchev–Trinajstić information content (AvgIpc) is 2.65. The lowest BCUT2D eigenvalue weighted by atomic mass is 9.94. The molecule has 1 saturated heterocycles. The molecule has 7 nitrogen and oxygen atoms in total. The number of rotatable bonds is 2. The van der Waals surface area contributed by atoms with E-state index in [2.05, 4.69) is 5.10 Å². The minimum absolute atomic E-state index is 0.0152. The topological polar surface area (TPSA) is 79.4 Å². The minimum atomic E-state index is -1.36. The lowest BCUT2D eigenvalue weighted by molar-refractivity contribution is -0.605. The van der Waals surface area contributed by atoms with Gasteiger partial charge in [0.25, 0.3) is 5.54 Å². The summed E-state index contributed by atoms with van der Waals surface area (Å²) in [5.74, 6) is -0.776. The van der Waals surface area contributed by atoms with Gasteiger partial charge in [-0.3, -0.25) is 14.8 Å². The molecule has 17 heavy (non-hydrogen) atoms. The fourth-order valence-electron chi connectivity index (χ4n) is 1.71. The van der Waals surface area contributed by atoms with Crippen LogP contribution in [0.4, 0.5) is 0 Å². The van der Waals surface area contributed by atoms with E-state index in [0.29, 0.717) is 5.56 Å². The molecule has 0 bridgehead atoms. The fourth-order valence-corrected chi connectivity index (χ4v) is 1.71. The molecule has 94 valence electrons. The number of hydrogen-bond acceptors (Lipinski definition) is 5. The van der Waals surface area contributed by atoms with Crippen molar-refractivity contribution in [2.45, 2.75) is 25.2 Å². The van der Waals surface area contributed by atoms with Gasteiger partial charge in [0.05, 0.1) is 11.8 Å². The number of ether oxygens (including phenoxy) is 2. The minimum Gasteiger partial charge on any atom is -0.343 e. The van der Waals surface area contributed by atoms with Crippen LogP contribution in [0.5, 0.6) is 0 Å². The first-order valence-corrected chi connectivity index (χ1v) is 5.27. The summed E-state index contributed by atoms with van der Waals surface area (Å²) in [6, 6.07) is 0. The molecule has 1 aliphatic rings. The summed E-state index contributed by atoms with van der Waals surface area (Å²) >= 11 is 0. The first kappa shape index (κ1) is 12.0. The van der Waals surface area contributed by atoms with E-state index in [4.69, 9.17) is 9.47 Å². The number of hydrogen-bond donors (Lipinski definition) is 0. The summed E-state index contributed by atoms with van der Waals surface area (Å²) in [6.45, 7) is 3.44. The molecule has 0 aliphatic carbocycles. The van der Waals surface area contributed by atoms with Gasteiger partial charge >= 0.3 is 0 Å². The molecule has 0 saturated carbocycles. The Morgan fingerprint density at radius 2 is 2.06 bits per heavy atom. The van der Waals surface area contributed by atoms with Crippen LogP contribution in [-0.2, 0) is 22.1 Å². The third-order valence-corrected chi connectivity index (χ3v) is 2.91. The summed E-state index contributed by atoms with van der Waals surface area (Å²) in [6.07, 6.45) is 3.10. The average molecular weight is 241 g/mol. The maximum Gasteiger partial charge on any atom is 0.295 e. The predicted octanol–water partition coefficient (Wildman–Crippen LogP) is 0.675. The van der Waals surface area contributed by atoms with Gasteiger partial charge in [0.1, 0.15) is 13.2 Å². The second-order valence-electron chi connectivity index (χ2n) is 4.67. The molecule has 0 spiro atoms. The molecular weight excluding hydrogens is 226 g/mol. The molecule has 0 atom stereocenters. The monoisotopic (exact) mass is 241 g/mol. The van der Waals surface area contributed by atoms with Gasteiger partial charge in [-0.2, -0.15) is 5.10 Å². The van der Waals surface area contributed by atoms with E-state index < -0.39 is 11.3 Å². The Hall–Kier alpha value is -1.47. The largest absolute Gasteiger partial charge is 0.343 e. The van der Waals surface area contributed by atoms with Gasteiger partial charge in [-0.15, -0.1) is 0 Å². The normalized spacial score (nSPS) is 22.3. The van der Waals surface area contributed by atoms with Crippen molar-refractivity contribution in [1.82, 2.24) is 9.78 Å². The van der Waals surface area contributed by atoms with E-state index in [9.17, 15) is 10.1 Å². The summed E-state index contributed by atoms with van der Waals surface area (Å²) < 4.78 is 12.3. The SMILES string of the molecule is Cn1cc(C2([N+](=O)[O-])COC(C)(C)OC2)cn1. The molecule has 1 aliphatic heterocycles. The van der Waals surface area contributed by atoms with Gasteiger partial charge < -0.3 is 9.47 Å². The van der Waals surface area contributed by atoms with Crippen molar-refractivity contribution >= 4 is 0 Å². The van der Waals surface area contributed by atoms with Crippen LogP contribution in [0.2, 0.25) is 0 Å². The smallest absolute Gasteiger partial charge is 0.295 e. The predicted molar refractivity (Wildman–Crippen MR) is 57.9 cm³/mol. The van der Waals surface area contributed by atoms with Gasteiger partial charge in [0, 0.05) is 18.2 Å². The quantitative estimate of drug-likeness (QED) is 0.561. The number of aromatic nitrogens is 2. The Balaban J connectivity index is 2.33. The highest BCUT2D eigenvalue weighted by Crippen LogP contribution is 2.33. The highest BCUT2D eigenvalue weighted by Gasteiger charge is 2.52. The summed E-state index contributed by atoms with van der Waals surface area (Å²) in [5, 5.41) is 15.3. The van der Waals surface area contributed by atoms with Crippen LogP contribution in [0.3, 0.4) is 0 Å². The molecule has 0 amide bonds. The van der Waals surface area contributed by atoms with Crippen molar-refractivity contribution in [3.63, 3.8) is 0 Å². The zero-order valence-electron chi connectivity index (χ0n) is 10.0. The first-order chi connectivity index (χ1) is 7.86. The number of aryl methyl sites for hydroxylation is 1. The Bertz CT molecular complexity index is 431. The van der Waals surface area contributed by atoms with Gasteiger partial charge in [-0.25, -0.2) is 0 Å². The molecule has 2 heterocycles. The third kappa shape index (κ3) is 2.03. The van der Waals surface area contributed by atoms with Crippen LogP contribution >= 0.6 is 0 Å². The van der Waals surface area contributed by atoms with E-state index in [-0.39, 0.29) is 18.1 Å². The Kier molecular flexibility index (Phi) is 2.67. The molecule has 2 rings (SSSR count). The van der Waals surface area contributed by atoms with E-state index in [1.54, 1.807) is 27.1 Å². The van der Waals surface area contributed by atoms with E-state index >= 15 is 0 Å². The molecule has 7 heteroatoms. The van der Waals surface area contributed by atoms with E-state index in [1.807, 2.05) is 0 Å². The highest BCUT2D eigenvalue weighted by atomic mass is 16.7. The molecule has 0 radical (unpaired) electrons. The molecule has 1 aromatic rings. The second-order valence-corrected chi connectivity index (χ2v) is 4.67. The van der Waals surface area contributed by atoms with Crippen molar-refractivity contribution in [3.8, 4) is 0 Å². The lowest BCUT2D eigenvalue weighted by Gasteiger charge is -2.37. The zero-order chi connectivity index (χ0) is 12.7. The first-order valence-electron chi connectivity index (χ1n) is 5.27. The summed E-state index contributed by atoms with van der Waals surface area (Å²) in [5.41, 5.74) is -0.857. The third-order valence-electron chi connectivity index (χ3n) is 2.91. The Labute approximate surface area is 98.5 Å². The van der Waals surface area contributed by atoms with Gasteiger partial charge in [-0.1, -0.05) is 0 Å². The Morgan fingerprint density at radius 3 is 2.47 bits per heavy atom. The molecule has 1 aromatic heterocycles. The standard InChI is InChI=1S/C10H15N3O4/c1-9(2)16-6-10(7-17-9,13(14)15)8-4-11-12(3)5-8/h4-5H,6-7H2,1-3H3. The molecular formula is C10H15N3O4. The molecule has 0 aromatic carbocycles. The van der Waals surface area contributed by atoms with Gasteiger partial charge in [0.2, 0.25) is 0 Å². The fraction of sp³-hybridized carbons (Fsp3) is 0.700. The summed E-state index contributed by atoms with van der Waals surface area (Å²) in [7, 11) is 1.71. The van der Waals surface area contributed by atoms with Crippen molar-refractivity contribution in [3.05, 3.63) is 28.1 Å². The molecule has 1 fully saturated rings. The van der Waals surface area contributed by atoms with Gasteiger partial charge in [-0.05, 0) is 13.8 Å². The Morgan fingerprint density at radius 1 is 1.47 bits per heavy atom. The summed E-state index contributed by atoms with van der Waals surface area (Å²) in [4.78, 5) is 10.9. The van der Waals surface area contributed by atoms with Gasteiger partial charge in [0.15, 0.2) is 5.79 Å². The van der Waals surface area contributed by atoms with Crippen LogP contribution < -0.4 is 0 Å². The van der Waals surface area contributed by atoms with E-state index in [1.165, 1.54) is 10.9 Å². The van der Waals surface area contributed by atoms with E-state index in [0.717, 1.165) is 0 Å². The van der Waals surface area contributed by atoms with Crippen molar-refractivity contribution < 1.29 is 14.4 Å². The lowest BCUT2D eigenvalue weighted by Crippen LogP contribution is -2.53. The van der Waals surface area contributed by atoms with Crippen LogP contribution in [0.1, 0.15) is 19.4 Å². The van der Waals surface area contributed by atoms with Crippen molar-refractivity contribution in [2.75, 3.05) is 13.2 Å². The van der Waals surface area contributed by atoms with Crippen LogP contribution in [0.25, 0.3) is 0 Å². The highest BCUT2D eigenvalue weighted by molar-refractivity contribution is 5.16. The maximum absolute atomic E-state index is 11.3. The van der Waals surface area contributed by atoms with Crippen LogP contribution in [0.15, 0.2) is 12.4 Å². The second kappa shape index (κ2) is 3.78. The van der Waals surface area contributed by atoms with Crippen LogP contribution in [0, 0.1) is 10.1 Å². The maximum atomic E-state index is 11.3.